The van der Waals surface area contributed by atoms with Crippen molar-refractivity contribution in [1.29, 1.82) is 0 Å². The molecule has 1 aromatic heterocycles. The van der Waals surface area contributed by atoms with Crippen molar-refractivity contribution in [3.8, 4) is 11.5 Å². The van der Waals surface area contributed by atoms with Crippen molar-refractivity contribution in [2.24, 2.45) is 4.99 Å². The van der Waals surface area contributed by atoms with Crippen LogP contribution in [0.5, 0.6) is 11.5 Å². The molecule has 1 aliphatic heterocycles. The van der Waals surface area contributed by atoms with E-state index < -0.39 is 18.0 Å². The molecule has 2 heterocycles. The van der Waals surface area contributed by atoms with Gasteiger partial charge in [-0.05, 0) is 56.2 Å². The van der Waals surface area contributed by atoms with Crippen LogP contribution in [-0.2, 0) is 14.3 Å². The molecule has 0 bridgehead atoms. The molecule has 0 N–H and O–H groups in total. The molecule has 3 aromatic rings. The van der Waals surface area contributed by atoms with E-state index in [9.17, 15) is 14.4 Å². The van der Waals surface area contributed by atoms with Crippen LogP contribution in [-0.4, -0.2) is 29.7 Å². The van der Waals surface area contributed by atoms with Crippen LogP contribution in [0, 0.1) is 0 Å². The fourth-order valence-corrected chi connectivity index (χ4v) is 5.34. The summed E-state index contributed by atoms with van der Waals surface area (Å²) in [7, 11) is 0. The summed E-state index contributed by atoms with van der Waals surface area (Å²) < 4.78 is 18.0. The Morgan fingerprint density at radius 3 is 2.57 bits per heavy atom. The molecule has 0 saturated carbocycles. The molecular formula is C27H25ClN2O6S. The third-order valence-electron chi connectivity index (χ3n) is 5.54. The Kier molecular flexibility index (Phi) is 7.94. The van der Waals surface area contributed by atoms with Gasteiger partial charge in [-0.1, -0.05) is 47.2 Å². The number of hydrogen-bond acceptors (Lipinski definition) is 8. The van der Waals surface area contributed by atoms with Crippen LogP contribution in [0.4, 0.5) is 0 Å². The van der Waals surface area contributed by atoms with Gasteiger partial charge in [0, 0.05) is 11.9 Å². The minimum atomic E-state index is -0.795. The van der Waals surface area contributed by atoms with Crippen molar-refractivity contribution >= 4 is 41.0 Å². The van der Waals surface area contributed by atoms with Crippen LogP contribution < -0.4 is 24.4 Å². The van der Waals surface area contributed by atoms with E-state index in [1.54, 1.807) is 62.4 Å². The first-order valence-electron chi connectivity index (χ1n) is 11.6. The number of aromatic nitrogens is 1. The van der Waals surface area contributed by atoms with Gasteiger partial charge in [-0.15, -0.1) is 0 Å². The van der Waals surface area contributed by atoms with E-state index in [1.807, 2.05) is 6.92 Å². The number of halogens is 1. The van der Waals surface area contributed by atoms with Gasteiger partial charge in [-0.3, -0.25) is 14.2 Å². The molecule has 10 heteroatoms. The second-order valence-electron chi connectivity index (χ2n) is 8.06. The highest BCUT2D eigenvalue weighted by atomic mass is 35.5. The average Bonchev–Trinajstić information content (AvgIpc) is 3.14. The van der Waals surface area contributed by atoms with Gasteiger partial charge >= 0.3 is 11.9 Å². The first-order valence-corrected chi connectivity index (χ1v) is 12.8. The lowest BCUT2D eigenvalue weighted by Crippen LogP contribution is -2.40. The Labute approximate surface area is 222 Å². The highest BCUT2D eigenvalue weighted by molar-refractivity contribution is 7.07. The lowest BCUT2D eigenvalue weighted by molar-refractivity contribution is -0.139. The Hall–Kier alpha value is -3.69. The van der Waals surface area contributed by atoms with Crippen LogP contribution in [0.2, 0.25) is 5.02 Å². The average molecular weight is 541 g/mol. The molecule has 2 aromatic carbocycles. The summed E-state index contributed by atoms with van der Waals surface area (Å²) in [6.45, 7) is 7.12. The smallest absolute Gasteiger partial charge is 0.338 e. The summed E-state index contributed by atoms with van der Waals surface area (Å²) in [5.41, 5.74) is 1.66. The molecule has 8 nitrogen and oxygen atoms in total. The number of carbonyl (C=O) groups is 2. The normalized spacial score (nSPS) is 15.2. The summed E-state index contributed by atoms with van der Waals surface area (Å²) in [6, 6.07) is 11.3. The number of allylic oxidation sites excluding steroid dienone is 1. The Balaban J connectivity index is 1.90. The minimum absolute atomic E-state index is 0.181. The number of rotatable bonds is 7. The van der Waals surface area contributed by atoms with Crippen molar-refractivity contribution in [2.75, 3.05) is 13.2 Å². The Morgan fingerprint density at radius 1 is 1.14 bits per heavy atom. The summed E-state index contributed by atoms with van der Waals surface area (Å²) in [6.07, 6.45) is 1.71. The Morgan fingerprint density at radius 2 is 1.89 bits per heavy atom. The van der Waals surface area contributed by atoms with E-state index in [4.69, 9.17) is 25.8 Å². The number of nitrogens with zero attached hydrogens (tertiary/aromatic N) is 2. The molecule has 0 fully saturated rings. The number of carbonyl (C=O) groups excluding carboxylic acids is 2. The monoisotopic (exact) mass is 540 g/mol. The predicted molar refractivity (Wildman–Crippen MR) is 141 cm³/mol. The summed E-state index contributed by atoms with van der Waals surface area (Å²) in [4.78, 5) is 43.1. The molecule has 1 aliphatic rings. The van der Waals surface area contributed by atoms with Gasteiger partial charge < -0.3 is 14.2 Å². The molecule has 1 unspecified atom stereocenters. The standard InChI is InChI=1S/C27H25ClN2O6S/c1-5-34-21-13-17(11-12-20(21)36-16(4)31)14-22-25(32)30-24(18-9-7-8-10-19(18)28)23(26(33)35-6-2)15(3)29-27(30)37-22/h7-14,24H,5-6H2,1-4H3/b22-14-. The number of hydrogen-bond donors (Lipinski definition) is 0. The largest absolute Gasteiger partial charge is 0.490 e. The SMILES string of the molecule is CCOC(=O)C1=C(C)N=c2s/c(=C\c3ccc(OC(C)=O)c(OCC)c3)c(=O)n2C1c1ccccc1Cl. The van der Waals surface area contributed by atoms with Gasteiger partial charge in [-0.25, -0.2) is 9.79 Å². The third kappa shape index (κ3) is 5.38. The van der Waals surface area contributed by atoms with E-state index >= 15 is 0 Å². The molecule has 0 amide bonds. The van der Waals surface area contributed by atoms with Gasteiger partial charge in [0.2, 0.25) is 0 Å². The zero-order valence-electron chi connectivity index (χ0n) is 20.7. The van der Waals surface area contributed by atoms with Crippen molar-refractivity contribution < 1.29 is 23.8 Å². The van der Waals surface area contributed by atoms with Crippen molar-refractivity contribution in [2.45, 2.75) is 33.7 Å². The second kappa shape index (κ2) is 11.1. The predicted octanol–water partition coefficient (Wildman–Crippen LogP) is 3.78. The zero-order chi connectivity index (χ0) is 26.7. The first-order chi connectivity index (χ1) is 17.7. The van der Waals surface area contributed by atoms with E-state index in [0.29, 0.717) is 49.3 Å². The van der Waals surface area contributed by atoms with E-state index in [0.717, 1.165) is 0 Å². The van der Waals surface area contributed by atoms with Crippen molar-refractivity contribution in [1.82, 2.24) is 4.57 Å². The van der Waals surface area contributed by atoms with Crippen LogP contribution >= 0.6 is 22.9 Å². The topological polar surface area (TPSA) is 96.2 Å². The first kappa shape index (κ1) is 26.4. The zero-order valence-corrected chi connectivity index (χ0v) is 22.3. The maximum absolute atomic E-state index is 13.7. The second-order valence-corrected chi connectivity index (χ2v) is 9.47. The highest BCUT2D eigenvalue weighted by Gasteiger charge is 2.34. The van der Waals surface area contributed by atoms with Gasteiger partial charge in [0.05, 0.1) is 29.0 Å². The van der Waals surface area contributed by atoms with Crippen molar-refractivity contribution in [3.63, 3.8) is 0 Å². The number of thiazole rings is 1. The molecule has 0 aliphatic carbocycles. The molecule has 0 radical (unpaired) electrons. The minimum Gasteiger partial charge on any atom is -0.490 e. The third-order valence-corrected chi connectivity index (χ3v) is 6.86. The number of benzene rings is 2. The fraction of sp³-hybridized carbons (Fsp3) is 0.259. The van der Waals surface area contributed by atoms with Gasteiger partial charge in [0.15, 0.2) is 16.3 Å². The van der Waals surface area contributed by atoms with Crippen LogP contribution in [0.25, 0.3) is 6.08 Å². The molecule has 0 spiro atoms. The van der Waals surface area contributed by atoms with E-state index in [2.05, 4.69) is 4.99 Å². The highest BCUT2D eigenvalue weighted by Crippen LogP contribution is 2.34. The van der Waals surface area contributed by atoms with E-state index in [1.165, 1.54) is 22.8 Å². The van der Waals surface area contributed by atoms with Gasteiger partial charge in [-0.2, -0.15) is 0 Å². The van der Waals surface area contributed by atoms with Crippen LogP contribution in [0.3, 0.4) is 0 Å². The molecule has 4 rings (SSSR count). The lowest BCUT2D eigenvalue weighted by atomic mass is 9.96. The molecule has 37 heavy (non-hydrogen) atoms. The fourth-order valence-electron chi connectivity index (χ4n) is 4.06. The number of esters is 2. The lowest BCUT2D eigenvalue weighted by Gasteiger charge is -2.25. The molecule has 192 valence electrons. The maximum atomic E-state index is 13.7. The Bertz CT molecular complexity index is 1590. The summed E-state index contributed by atoms with van der Waals surface area (Å²) in [5, 5.41) is 0.418. The molecule has 0 saturated heterocycles. The van der Waals surface area contributed by atoms with Crippen LogP contribution in [0.15, 0.2) is 63.5 Å². The quantitative estimate of drug-likeness (QED) is 0.334. The number of fused-ring (bicyclic) bond motifs is 1. The van der Waals surface area contributed by atoms with Gasteiger partial charge in [0.25, 0.3) is 5.56 Å². The van der Waals surface area contributed by atoms with Crippen LogP contribution in [0.1, 0.15) is 44.9 Å². The van der Waals surface area contributed by atoms with Crippen molar-refractivity contribution in [3.05, 3.63) is 89.6 Å². The molecular weight excluding hydrogens is 516 g/mol. The van der Waals surface area contributed by atoms with Gasteiger partial charge in [0.1, 0.15) is 6.04 Å². The van der Waals surface area contributed by atoms with E-state index in [-0.39, 0.29) is 17.7 Å². The summed E-state index contributed by atoms with van der Waals surface area (Å²) >= 11 is 7.73. The molecule has 1 atom stereocenters. The number of ether oxygens (including phenoxy) is 3. The summed E-state index contributed by atoms with van der Waals surface area (Å²) in [5.74, 6) is -0.338. The maximum Gasteiger partial charge on any atom is 0.338 e.